The van der Waals surface area contributed by atoms with E-state index in [1.165, 1.54) is 0 Å². The average Bonchev–Trinajstić information content (AvgIpc) is 3.09. The lowest BCUT2D eigenvalue weighted by Gasteiger charge is -2.68. The highest BCUT2D eigenvalue weighted by molar-refractivity contribution is 5.87. The fraction of sp³-hybridized carbons (Fsp3) is 0.906. The van der Waals surface area contributed by atoms with Gasteiger partial charge >= 0.3 is 5.97 Å². The summed E-state index contributed by atoms with van der Waals surface area (Å²) in [4.78, 5) is 14.9. The number of hydrogen-bond acceptors (Lipinski definition) is 10. The maximum atomic E-state index is 12.9. The van der Waals surface area contributed by atoms with Crippen LogP contribution in [0.1, 0.15) is 86.0 Å². The highest BCUT2D eigenvalue weighted by Crippen LogP contribution is 2.78. The van der Waals surface area contributed by atoms with Crippen LogP contribution in [0.5, 0.6) is 0 Å². The van der Waals surface area contributed by atoms with E-state index in [0.29, 0.717) is 50.1 Å². The monoisotopic (exact) mass is 591 g/mol. The Morgan fingerprint density at radius 2 is 1.64 bits per heavy atom. The maximum Gasteiger partial charge on any atom is 0.333 e. The quantitative estimate of drug-likeness (QED) is 0.202. The van der Waals surface area contributed by atoms with Gasteiger partial charge in [0, 0.05) is 60.7 Å². The van der Waals surface area contributed by atoms with Gasteiger partial charge in [0.2, 0.25) is 5.79 Å². The molecule has 6 N–H and O–H groups in total. The van der Waals surface area contributed by atoms with Crippen LogP contribution in [0.25, 0.3) is 0 Å². The smallest absolute Gasteiger partial charge is 0.333 e. The van der Waals surface area contributed by atoms with Crippen molar-refractivity contribution in [1.29, 1.82) is 0 Å². The molecule has 14 atom stereocenters. The summed E-state index contributed by atoms with van der Waals surface area (Å²) in [5.74, 6) is -4.05. The second-order valence-electron chi connectivity index (χ2n) is 15.7. The summed E-state index contributed by atoms with van der Waals surface area (Å²) in [6.07, 6.45) is 2.30. The van der Waals surface area contributed by atoms with Gasteiger partial charge in [-0.15, -0.1) is 0 Å². The first-order valence-corrected chi connectivity index (χ1v) is 16.0. The number of hydrogen-bond donors (Lipinski definition) is 6. The van der Waals surface area contributed by atoms with E-state index in [2.05, 4.69) is 11.8 Å². The normalized spacial score (nSPS) is 60.3. The lowest BCUT2D eigenvalue weighted by atomic mass is 9.49. The van der Waals surface area contributed by atoms with E-state index in [1.807, 2.05) is 6.92 Å². The number of carbonyl (C=O) groups excluding carboxylic acids is 1. The number of esters is 1. The Bertz CT molecular complexity index is 1220. The molecule has 3 saturated heterocycles. The lowest BCUT2D eigenvalue weighted by Crippen LogP contribution is -2.85. The summed E-state index contributed by atoms with van der Waals surface area (Å²) < 4.78 is 12.6. The number of aliphatic hydroxyl groups is 6. The standard InChI is InChI=1S/C32H49NO9/c1-6-18(3)25(35)41-24-11-12-26(4)19-8-9-20-28(37)13-23(34)31(39)21(29(28,38)16-30(20,26)42-32(19,24)40)15-33-14-17(2)7-10-22(33)27(31,5)36/h6,17,19-24,34,36-40H,7-16H2,1-5H3/b18-6-/t17-,19+,20+,21+,22-,23-,24+,26-,27-,28+,29+,30-,31-,32+/m1/s1. The van der Waals surface area contributed by atoms with Crippen molar-refractivity contribution in [2.24, 2.45) is 29.1 Å². The van der Waals surface area contributed by atoms with Crippen molar-refractivity contribution < 1.29 is 44.9 Å². The Kier molecular flexibility index (Phi) is 6.04. The molecular formula is C32H49NO9. The molecule has 0 aromatic rings. The van der Waals surface area contributed by atoms with Crippen LogP contribution in [0.3, 0.4) is 0 Å². The molecule has 0 aromatic carbocycles. The van der Waals surface area contributed by atoms with Crippen LogP contribution in [0.15, 0.2) is 11.6 Å². The number of allylic oxidation sites excluding steroid dienone is 1. The number of aliphatic hydroxyl groups excluding tert-OH is 1. The third kappa shape index (κ3) is 3.07. The first-order chi connectivity index (χ1) is 19.5. The molecule has 0 unspecified atom stereocenters. The molecule has 0 amide bonds. The summed E-state index contributed by atoms with van der Waals surface area (Å²) in [7, 11) is 0. The van der Waals surface area contributed by atoms with Gasteiger partial charge in [-0.2, -0.15) is 0 Å². The number of piperidine rings is 2. The molecule has 0 aromatic heterocycles. The predicted octanol–water partition coefficient (Wildman–Crippen LogP) is 0.991. The predicted molar refractivity (Wildman–Crippen MR) is 150 cm³/mol. The highest BCUT2D eigenvalue weighted by atomic mass is 16.7. The van der Waals surface area contributed by atoms with Crippen LogP contribution >= 0.6 is 0 Å². The summed E-state index contributed by atoms with van der Waals surface area (Å²) in [5, 5.41) is 73.9. The number of fused-ring (bicyclic) bond motifs is 5. The summed E-state index contributed by atoms with van der Waals surface area (Å²) >= 11 is 0. The molecule has 7 rings (SSSR count). The fourth-order valence-corrected chi connectivity index (χ4v) is 11.8. The van der Waals surface area contributed by atoms with Crippen molar-refractivity contribution in [3.8, 4) is 0 Å². The third-order valence-corrected chi connectivity index (χ3v) is 14.1. The first kappa shape index (κ1) is 29.6. The number of ether oxygens (including phenoxy) is 2. The molecule has 236 valence electrons. The Balaban J connectivity index is 1.32. The van der Waals surface area contributed by atoms with Crippen LogP contribution in [-0.2, 0) is 14.3 Å². The van der Waals surface area contributed by atoms with E-state index >= 15 is 0 Å². The Labute approximate surface area is 247 Å². The van der Waals surface area contributed by atoms with Crippen molar-refractivity contribution in [3.05, 3.63) is 11.6 Å². The SMILES string of the molecule is C/C=C(/C)C(=O)O[C@H]1CC[C@]2(C)[C@@H]3CC[C@H]4[C@@]5(O)C[C@@H](O)[C@]6(O)[C@@H](CN7C[C@H](C)CC[C@@H]7[C@@]6(C)O)[C@@]5(O)C[C@@]42O[C@]13O. The van der Waals surface area contributed by atoms with E-state index in [1.54, 1.807) is 26.8 Å². The fourth-order valence-electron chi connectivity index (χ4n) is 11.8. The van der Waals surface area contributed by atoms with E-state index < -0.39 is 75.1 Å². The largest absolute Gasteiger partial charge is 0.453 e. The molecule has 10 nitrogen and oxygen atoms in total. The van der Waals surface area contributed by atoms with Gasteiger partial charge in [0.05, 0.1) is 11.7 Å². The minimum Gasteiger partial charge on any atom is -0.453 e. The van der Waals surface area contributed by atoms with E-state index in [-0.39, 0.29) is 25.4 Å². The molecule has 4 saturated carbocycles. The maximum absolute atomic E-state index is 12.9. The van der Waals surface area contributed by atoms with Crippen molar-refractivity contribution >= 4 is 5.97 Å². The Hall–Kier alpha value is -1.11. The molecule has 3 heterocycles. The molecule has 42 heavy (non-hydrogen) atoms. The molecule has 10 heteroatoms. The molecular weight excluding hydrogens is 542 g/mol. The molecule has 0 radical (unpaired) electrons. The second-order valence-corrected chi connectivity index (χ2v) is 15.7. The molecule has 4 bridgehead atoms. The van der Waals surface area contributed by atoms with Crippen LogP contribution in [0.4, 0.5) is 0 Å². The molecule has 4 aliphatic carbocycles. The van der Waals surface area contributed by atoms with Gasteiger partial charge in [0.15, 0.2) is 6.10 Å². The Morgan fingerprint density at radius 1 is 0.952 bits per heavy atom. The van der Waals surface area contributed by atoms with Crippen LogP contribution in [-0.4, -0.2) is 107 Å². The summed E-state index contributed by atoms with van der Waals surface area (Å²) in [5.41, 5.74) is -8.96. The molecule has 3 aliphatic heterocycles. The number of nitrogens with zero attached hydrogens (tertiary/aromatic N) is 1. The van der Waals surface area contributed by atoms with Crippen molar-refractivity contribution in [3.63, 3.8) is 0 Å². The van der Waals surface area contributed by atoms with Crippen LogP contribution < -0.4 is 0 Å². The summed E-state index contributed by atoms with van der Waals surface area (Å²) in [6, 6.07) is -0.387. The van der Waals surface area contributed by atoms with Gasteiger partial charge < -0.3 is 40.1 Å². The van der Waals surface area contributed by atoms with Crippen molar-refractivity contribution in [2.75, 3.05) is 13.1 Å². The van der Waals surface area contributed by atoms with Gasteiger partial charge in [-0.25, -0.2) is 4.79 Å². The van der Waals surface area contributed by atoms with Crippen molar-refractivity contribution in [1.82, 2.24) is 4.90 Å². The average molecular weight is 592 g/mol. The molecule has 7 aliphatic rings. The van der Waals surface area contributed by atoms with Crippen LogP contribution in [0, 0.1) is 29.1 Å². The first-order valence-electron chi connectivity index (χ1n) is 16.0. The molecule has 7 fully saturated rings. The second kappa shape index (κ2) is 8.57. The number of carbonyl (C=O) groups is 1. The van der Waals surface area contributed by atoms with Crippen LogP contribution in [0.2, 0.25) is 0 Å². The minimum absolute atomic E-state index is 0.0606. The minimum atomic E-state index is -2.06. The molecule has 1 spiro atoms. The zero-order valence-electron chi connectivity index (χ0n) is 25.5. The topological polar surface area (TPSA) is 160 Å². The van der Waals surface area contributed by atoms with Gasteiger partial charge in [0.1, 0.15) is 22.4 Å². The van der Waals surface area contributed by atoms with E-state index in [0.717, 1.165) is 6.42 Å². The van der Waals surface area contributed by atoms with E-state index in [4.69, 9.17) is 9.47 Å². The third-order valence-electron chi connectivity index (χ3n) is 14.1. The lowest BCUT2D eigenvalue weighted by molar-refractivity contribution is -0.354. The summed E-state index contributed by atoms with van der Waals surface area (Å²) in [6.45, 7) is 10.1. The van der Waals surface area contributed by atoms with Gasteiger partial charge in [-0.05, 0) is 65.2 Å². The Morgan fingerprint density at radius 3 is 2.33 bits per heavy atom. The van der Waals surface area contributed by atoms with Gasteiger partial charge in [-0.3, -0.25) is 4.90 Å². The zero-order chi connectivity index (χ0) is 30.5. The zero-order valence-corrected chi connectivity index (χ0v) is 25.5. The highest BCUT2D eigenvalue weighted by Gasteiger charge is 2.88. The van der Waals surface area contributed by atoms with Gasteiger partial charge in [0.25, 0.3) is 0 Å². The van der Waals surface area contributed by atoms with Crippen molar-refractivity contribution in [2.45, 2.75) is 138 Å². The van der Waals surface area contributed by atoms with E-state index in [9.17, 15) is 35.4 Å². The van der Waals surface area contributed by atoms with Gasteiger partial charge in [-0.1, -0.05) is 19.9 Å². The number of rotatable bonds is 2.